The van der Waals surface area contributed by atoms with Crippen molar-refractivity contribution in [1.29, 1.82) is 0 Å². The summed E-state index contributed by atoms with van der Waals surface area (Å²) in [6, 6.07) is 12.9. The van der Waals surface area contributed by atoms with Gasteiger partial charge in [0.15, 0.2) is 0 Å². The van der Waals surface area contributed by atoms with Crippen molar-refractivity contribution in [1.82, 2.24) is 0 Å². The summed E-state index contributed by atoms with van der Waals surface area (Å²) in [6.45, 7) is 3.97. The fourth-order valence-corrected chi connectivity index (χ4v) is 4.24. The number of carbonyl (C=O) groups excluding carboxylic acids is 4. The number of allylic oxidation sites excluding steroid dienone is 2. The molecular weight excluding hydrogens is 408 g/mol. The number of amides is 3. The Morgan fingerprint density at radius 2 is 1.72 bits per heavy atom. The topological polar surface area (TPSA) is 92.8 Å². The SMILES string of the molecule is CCOC(=O)c1ccc(NC(=O)c2ccccc2N2C(=O)[C@H]3CC(C)=CC[C@H]3C2=O)cc1. The summed E-state index contributed by atoms with van der Waals surface area (Å²) >= 11 is 0. The minimum atomic E-state index is -0.450. The first kappa shape index (κ1) is 21.5. The molecule has 2 aromatic rings. The van der Waals surface area contributed by atoms with Crippen LogP contribution in [0.15, 0.2) is 60.2 Å². The molecule has 164 valence electrons. The molecule has 1 aliphatic heterocycles. The van der Waals surface area contributed by atoms with Crippen LogP contribution in [-0.2, 0) is 14.3 Å². The van der Waals surface area contributed by atoms with E-state index in [4.69, 9.17) is 4.74 Å². The van der Waals surface area contributed by atoms with Crippen molar-refractivity contribution in [2.75, 3.05) is 16.8 Å². The summed E-state index contributed by atoms with van der Waals surface area (Å²) in [7, 11) is 0. The third kappa shape index (κ3) is 3.93. The summed E-state index contributed by atoms with van der Waals surface area (Å²) in [5.74, 6) is -2.16. The number of nitrogens with one attached hydrogen (secondary N) is 1. The lowest BCUT2D eigenvalue weighted by atomic mass is 9.82. The molecule has 0 bridgehead atoms. The number of hydrogen-bond acceptors (Lipinski definition) is 5. The number of ether oxygens (including phenoxy) is 1. The second-order valence-corrected chi connectivity index (χ2v) is 7.98. The van der Waals surface area contributed by atoms with Gasteiger partial charge in [0.25, 0.3) is 5.91 Å². The smallest absolute Gasteiger partial charge is 0.338 e. The average Bonchev–Trinajstić information content (AvgIpc) is 3.03. The lowest BCUT2D eigenvalue weighted by molar-refractivity contribution is -0.122. The summed E-state index contributed by atoms with van der Waals surface area (Å²) in [5, 5.41) is 2.77. The fraction of sp³-hybridized carbons (Fsp3) is 0.280. The number of esters is 1. The molecule has 3 amide bonds. The van der Waals surface area contributed by atoms with Gasteiger partial charge in [-0.2, -0.15) is 0 Å². The highest BCUT2D eigenvalue weighted by Gasteiger charge is 2.49. The van der Waals surface area contributed by atoms with E-state index < -0.39 is 11.9 Å². The predicted molar refractivity (Wildman–Crippen MR) is 119 cm³/mol. The zero-order valence-electron chi connectivity index (χ0n) is 18.0. The van der Waals surface area contributed by atoms with Crippen molar-refractivity contribution in [3.8, 4) is 0 Å². The van der Waals surface area contributed by atoms with Crippen LogP contribution in [0.25, 0.3) is 0 Å². The monoisotopic (exact) mass is 432 g/mol. The van der Waals surface area contributed by atoms with E-state index in [1.54, 1.807) is 55.5 Å². The molecule has 2 aliphatic rings. The number of para-hydroxylation sites is 1. The first-order chi connectivity index (χ1) is 15.4. The Bertz CT molecular complexity index is 1120. The number of fused-ring (bicyclic) bond motifs is 1. The van der Waals surface area contributed by atoms with Gasteiger partial charge in [-0.3, -0.25) is 14.4 Å². The number of hydrogen-bond donors (Lipinski definition) is 1. The van der Waals surface area contributed by atoms with Crippen LogP contribution >= 0.6 is 0 Å². The molecular formula is C25H24N2O5. The molecule has 2 aromatic carbocycles. The number of rotatable bonds is 5. The Balaban J connectivity index is 1.56. The van der Waals surface area contributed by atoms with Crippen molar-refractivity contribution in [2.24, 2.45) is 11.8 Å². The van der Waals surface area contributed by atoms with E-state index in [0.29, 0.717) is 24.1 Å². The van der Waals surface area contributed by atoms with Gasteiger partial charge in [-0.15, -0.1) is 0 Å². The molecule has 0 radical (unpaired) electrons. The van der Waals surface area contributed by atoms with Crippen molar-refractivity contribution >= 4 is 35.1 Å². The normalized spacial score (nSPS) is 19.9. The highest BCUT2D eigenvalue weighted by molar-refractivity contribution is 6.25. The van der Waals surface area contributed by atoms with Gasteiger partial charge in [-0.05, 0) is 63.1 Å². The molecule has 1 N–H and O–H groups in total. The van der Waals surface area contributed by atoms with Crippen LogP contribution < -0.4 is 10.2 Å². The lowest BCUT2D eigenvalue weighted by Gasteiger charge is -2.19. The van der Waals surface area contributed by atoms with E-state index in [9.17, 15) is 19.2 Å². The molecule has 1 heterocycles. The molecule has 7 nitrogen and oxygen atoms in total. The molecule has 2 atom stereocenters. The van der Waals surface area contributed by atoms with Crippen molar-refractivity contribution in [3.05, 3.63) is 71.3 Å². The number of anilines is 2. The molecule has 0 saturated carbocycles. The van der Waals surface area contributed by atoms with Gasteiger partial charge >= 0.3 is 5.97 Å². The summed E-state index contributed by atoms with van der Waals surface area (Å²) < 4.78 is 4.96. The maximum Gasteiger partial charge on any atom is 0.338 e. The number of carbonyl (C=O) groups is 4. The predicted octanol–water partition coefficient (Wildman–Crippen LogP) is 3.96. The molecule has 1 saturated heterocycles. The molecule has 32 heavy (non-hydrogen) atoms. The van der Waals surface area contributed by atoms with Gasteiger partial charge in [-0.1, -0.05) is 23.8 Å². The molecule has 0 aromatic heterocycles. The Labute approximate surface area is 186 Å². The Hall–Kier alpha value is -3.74. The third-order valence-electron chi connectivity index (χ3n) is 5.87. The van der Waals surface area contributed by atoms with E-state index >= 15 is 0 Å². The van der Waals surface area contributed by atoms with E-state index in [1.165, 1.54) is 4.90 Å². The maximum atomic E-state index is 13.1. The Morgan fingerprint density at radius 1 is 1.03 bits per heavy atom. The van der Waals surface area contributed by atoms with Crippen LogP contribution in [0.1, 0.15) is 47.4 Å². The number of benzene rings is 2. The summed E-state index contributed by atoms with van der Waals surface area (Å²) in [4.78, 5) is 52.1. The van der Waals surface area contributed by atoms with Crippen LogP contribution in [0, 0.1) is 11.8 Å². The second kappa shape index (κ2) is 8.78. The summed E-state index contributed by atoms with van der Waals surface area (Å²) in [5.41, 5.74) is 2.48. The largest absolute Gasteiger partial charge is 0.462 e. The molecule has 1 fully saturated rings. The van der Waals surface area contributed by atoms with Crippen LogP contribution in [0.3, 0.4) is 0 Å². The van der Waals surface area contributed by atoms with Gasteiger partial charge < -0.3 is 10.1 Å². The highest BCUT2D eigenvalue weighted by Crippen LogP contribution is 2.40. The van der Waals surface area contributed by atoms with Crippen molar-refractivity contribution in [3.63, 3.8) is 0 Å². The molecule has 1 aliphatic carbocycles. The number of imide groups is 1. The molecule has 7 heteroatoms. The zero-order chi connectivity index (χ0) is 22.8. The minimum Gasteiger partial charge on any atom is -0.462 e. The quantitative estimate of drug-likeness (QED) is 0.439. The van der Waals surface area contributed by atoms with Crippen LogP contribution in [0.4, 0.5) is 11.4 Å². The van der Waals surface area contributed by atoms with Gasteiger partial charge in [-0.25, -0.2) is 9.69 Å². The minimum absolute atomic E-state index is 0.229. The molecule has 4 rings (SSSR count). The van der Waals surface area contributed by atoms with Crippen molar-refractivity contribution in [2.45, 2.75) is 26.7 Å². The van der Waals surface area contributed by atoms with Gasteiger partial charge in [0, 0.05) is 5.69 Å². The first-order valence-electron chi connectivity index (χ1n) is 10.6. The summed E-state index contributed by atoms with van der Waals surface area (Å²) in [6.07, 6.45) is 3.11. The Kier molecular flexibility index (Phi) is 5.90. The third-order valence-corrected chi connectivity index (χ3v) is 5.87. The van der Waals surface area contributed by atoms with E-state index in [0.717, 1.165) is 5.57 Å². The maximum absolute atomic E-state index is 13.1. The van der Waals surface area contributed by atoms with E-state index in [-0.39, 0.29) is 41.5 Å². The molecule has 0 unspecified atom stereocenters. The fourth-order valence-electron chi connectivity index (χ4n) is 4.24. The van der Waals surface area contributed by atoms with Gasteiger partial charge in [0.2, 0.25) is 11.8 Å². The van der Waals surface area contributed by atoms with Crippen molar-refractivity contribution < 1.29 is 23.9 Å². The zero-order valence-corrected chi connectivity index (χ0v) is 18.0. The highest BCUT2D eigenvalue weighted by atomic mass is 16.5. The van der Waals surface area contributed by atoms with E-state index in [1.807, 2.05) is 13.0 Å². The van der Waals surface area contributed by atoms with Gasteiger partial charge in [0.1, 0.15) is 0 Å². The standard InChI is InChI=1S/C25H24N2O5/c1-3-32-25(31)16-9-11-17(12-10-16)26-22(28)19-6-4-5-7-21(19)27-23(29)18-13-8-15(2)14-20(18)24(27)30/h4-12,18,20H,3,13-14H2,1-2H3,(H,26,28)/t18-,20+/m1/s1. The number of nitrogens with zero attached hydrogens (tertiary/aromatic N) is 1. The van der Waals surface area contributed by atoms with Crippen LogP contribution in [0.2, 0.25) is 0 Å². The van der Waals surface area contributed by atoms with Crippen LogP contribution in [0.5, 0.6) is 0 Å². The lowest BCUT2D eigenvalue weighted by Crippen LogP contribution is -2.33. The molecule has 0 spiro atoms. The van der Waals surface area contributed by atoms with E-state index in [2.05, 4.69) is 5.32 Å². The Morgan fingerprint density at radius 3 is 2.44 bits per heavy atom. The first-order valence-corrected chi connectivity index (χ1v) is 10.6. The average molecular weight is 432 g/mol. The van der Waals surface area contributed by atoms with Crippen LogP contribution in [-0.4, -0.2) is 30.3 Å². The van der Waals surface area contributed by atoms with Gasteiger partial charge in [0.05, 0.1) is 35.3 Å². The second-order valence-electron chi connectivity index (χ2n) is 7.98.